The molecular weight excluding hydrogens is 411 g/mol. The molecule has 7 nitrogen and oxygen atoms in total. The lowest BCUT2D eigenvalue weighted by Crippen LogP contribution is -2.48. The predicted octanol–water partition coefficient (Wildman–Crippen LogP) is 4.05. The maximum atomic E-state index is 14.4. The average Bonchev–Trinajstić information content (AvgIpc) is 2.75. The first kappa shape index (κ1) is 21.8. The summed E-state index contributed by atoms with van der Waals surface area (Å²) in [6.45, 7) is 8.30. The van der Waals surface area contributed by atoms with Crippen molar-refractivity contribution < 1.29 is 14.3 Å². The molecule has 3 heterocycles. The number of pyridine rings is 2. The monoisotopic (exact) mass is 438 g/mol. The summed E-state index contributed by atoms with van der Waals surface area (Å²) in [5.74, 6) is -0.370. The van der Waals surface area contributed by atoms with E-state index in [2.05, 4.69) is 0 Å². The summed E-state index contributed by atoms with van der Waals surface area (Å²) < 4.78 is 16.1. The van der Waals surface area contributed by atoms with Crippen LogP contribution < -0.4 is 10.5 Å². The van der Waals surface area contributed by atoms with E-state index in [1.807, 2.05) is 31.7 Å². The van der Waals surface area contributed by atoms with Crippen LogP contribution in [0.2, 0.25) is 0 Å². The zero-order valence-electron chi connectivity index (χ0n) is 18.5. The van der Waals surface area contributed by atoms with Crippen LogP contribution in [-0.4, -0.2) is 51.8 Å². The Morgan fingerprint density at radius 3 is 2.41 bits per heavy atom. The first-order valence-electron chi connectivity index (χ1n) is 10.7. The fourth-order valence-electron chi connectivity index (χ4n) is 4.08. The molecule has 1 aliphatic heterocycles. The van der Waals surface area contributed by atoms with E-state index in [0.29, 0.717) is 49.6 Å². The Kier molecular flexibility index (Phi) is 5.62. The summed E-state index contributed by atoms with van der Waals surface area (Å²) in [5.41, 5.74) is 1.73. The largest absolute Gasteiger partial charge is 0.465 e. The van der Waals surface area contributed by atoms with Gasteiger partial charge in [0.25, 0.3) is 5.56 Å². The molecule has 1 saturated heterocycles. The van der Waals surface area contributed by atoms with Gasteiger partial charge in [-0.15, -0.1) is 0 Å². The predicted molar refractivity (Wildman–Crippen MR) is 123 cm³/mol. The maximum absolute atomic E-state index is 14.4. The summed E-state index contributed by atoms with van der Waals surface area (Å²) in [4.78, 5) is 32.6. The van der Waals surface area contributed by atoms with Crippen LogP contribution in [0.5, 0.6) is 0 Å². The van der Waals surface area contributed by atoms with Gasteiger partial charge in [-0.2, -0.15) is 0 Å². The number of piperazine rings is 1. The van der Waals surface area contributed by atoms with E-state index in [1.54, 1.807) is 34.9 Å². The van der Waals surface area contributed by atoms with Gasteiger partial charge in [0.15, 0.2) is 0 Å². The number of carboxylic acid groups (broad SMARTS) is 1. The average molecular weight is 439 g/mol. The smallest absolute Gasteiger partial charge is 0.407 e. The number of nitrogens with zero attached hydrogens (tertiary/aromatic N) is 4. The topological polar surface area (TPSA) is 78.7 Å². The molecule has 0 radical (unpaired) electrons. The maximum Gasteiger partial charge on any atom is 0.407 e. The normalized spacial score (nSPS) is 14.8. The third-order valence-corrected chi connectivity index (χ3v) is 5.61. The Balaban J connectivity index is 1.86. The number of carbonyl (C=O) groups is 1. The van der Waals surface area contributed by atoms with Crippen molar-refractivity contribution in [1.82, 2.24) is 14.5 Å². The van der Waals surface area contributed by atoms with E-state index in [0.717, 1.165) is 11.1 Å². The highest BCUT2D eigenvalue weighted by atomic mass is 19.1. The zero-order chi connectivity index (χ0) is 23.0. The molecule has 168 valence electrons. The highest BCUT2D eigenvalue weighted by molar-refractivity contribution is 5.91. The van der Waals surface area contributed by atoms with Crippen LogP contribution in [0.25, 0.3) is 22.3 Å². The Morgan fingerprint density at radius 1 is 1.09 bits per heavy atom. The van der Waals surface area contributed by atoms with Crippen molar-refractivity contribution in [3.05, 3.63) is 58.6 Å². The van der Waals surface area contributed by atoms with Gasteiger partial charge in [-0.25, -0.2) is 14.2 Å². The van der Waals surface area contributed by atoms with Gasteiger partial charge < -0.3 is 14.9 Å². The van der Waals surface area contributed by atoms with E-state index in [1.165, 1.54) is 11.0 Å². The van der Waals surface area contributed by atoms with Crippen molar-refractivity contribution in [1.29, 1.82) is 0 Å². The lowest BCUT2D eigenvalue weighted by Gasteiger charge is -2.35. The number of halogens is 1. The molecular formula is C24H27FN4O3. The SMILES string of the molecule is CC(C)(C)Cn1c(=O)cc(N2CCN(C(=O)O)CC2)c2ccc(-c3ccccc3F)nc21. The van der Waals surface area contributed by atoms with Crippen LogP contribution in [0, 0.1) is 11.2 Å². The molecule has 0 bridgehead atoms. The van der Waals surface area contributed by atoms with E-state index >= 15 is 0 Å². The Labute approximate surface area is 185 Å². The Morgan fingerprint density at radius 2 is 1.78 bits per heavy atom. The van der Waals surface area contributed by atoms with Gasteiger partial charge in [-0.05, 0) is 29.7 Å². The molecule has 0 atom stereocenters. The molecule has 4 rings (SSSR count). The molecule has 3 aromatic rings. The fraction of sp³-hybridized carbons (Fsp3) is 0.375. The molecule has 0 aliphatic carbocycles. The number of aromatic nitrogens is 2. The Bertz CT molecular complexity index is 1220. The number of fused-ring (bicyclic) bond motifs is 1. The van der Waals surface area contributed by atoms with E-state index in [4.69, 9.17) is 4.98 Å². The summed E-state index contributed by atoms with van der Waals surface area (Å²) in [6.07, 6.45) is -0.939. The number of hydrogen-bond donors (Lipinski definition) is 1. The van der Waals surface area contributed by atoms with Gasteiger partial charge >= 0.3 is 6.09 Å². The van der Waals surface area contributed by atoms with Crippen molar-refractivity contribution in [2.75, 3.05) is 31.1 Å². The van der Waals surface area contributed by atoms with Gasteiger partial charge in [-0.3, -0.25) is 9.36 Å². The molecule has 1 amide bonds. The van der Waals surface area contributed by atoms with Crippen LogP contribution in [0.1, 0.15) is 20.8 Å². The van der Waals surface area contributed by atoms with Gasteiger partial charge in [0.05, 0.1) is 11.4 Å². The van der Waals surface area contributed by atoms with Crippen LogP contribution in [0.4, 0.5) is 14.9 Å². The molecule has 32 heavy (non-hydrogen) atoms. The van der Waals surface area contributed by atoms with Gasteiger partial charge in [-0.1, -0.05) is 32.9 Å². The fourth-order valence-corrected chi connectivity index (χ4v) is 4.08. The molecule has 2 aromatic heterocycles. The third-order valence-electron chi connectivity index (χ3n) is 5.61. The number of amides is 1. The number of benzene rings is 1. The lowest BCUT2D eigenvalue weighted by molar-refractivity contribution is 0.142. The molecule has 0 spiro atoms. The van der Waals surface area contributed by atoms with E-state index in [-0.39, 0.29) is 16.8 Å². The van der Waals surface area contributed by atoms with E-state index in [9.17, 15) is 19.1 Å². The first-order chi connectivity index (χ1) is 15.1. The van der Waals surface area contributed by atoms with Gasteiger partial charge in [0, 0.05) is 49.7 Å². The lowest BCUT2D eigenvalue weighted by atomic mass is 9.96. The van der Waals surface area contributed by atoms with Crippen molar-refractivity contribution in [3.63, 3.8) is 0 Å². The van der Waals surface area contributed by atoms with Crippen LogP contribution >= 0.6 is 0 Å². The molecule has 1 fully saturated rings. The second kappa shape index (κ2) is 8.26. The quantitative estimate of drug-likeness (QED) is 0.668. The summed E-state index contributed by atoms with van der Waals surface area (Å²) in [5, 5.41) is 10.0. The van der Waals surface area contributed by atoms with E-state index < -0.39 is 6.09 Å². The summed E-state index contributed by atoms with van der Waals surface area (Å²) >= 11 is 0. The highest BCUT2D eigenvalue weighted by Gasteiger charge is 2.24. The number of rotatable bonds is 3. The molecule has 1 aromatic carbocycles. The second-order valence-corrected chi connectivity index (χ2v) is 9.32. The number of anilines is 1. The minimum atomic E-state index is -0.939. The molecule has 0 saturated carbocycles. The highest BCUT2D eigenvalue weighted by Crippen LogP contribution is 2.30. The van der Waals surface area contributed by atoms with Crippen molar-refractivity contribution >= 4 is 22.8 Å². The van der Waals surface area contributed by atoms with Crippen molar-refractivity contribution in [3.8, 4) is 11.3 Å². The second-order valence-electron chi connectivity index (χ2n) is 9.32. The first-order valence-corrected chi connectivity index (χ1v) is 10.7. The van der Waals surface area contributed by atoms with Crippen molar-refractivity contribution in [2.45, 2.75) is 27.3 Å². The minimum Gasteiger partial charge on any atom is -0.465 e. The third kappa shape index (κ3) is 4.30. The molecule has 0 unspecified atom stereocenters. The minimum absolute atomic E-state index is 0.166. The standard InChI is InChI=1S/C24H27FN4O3/c1-24(2,3)15-29-21(30)14-20(27-10-12-28(13-11-27)23(31)32)17-8-9-19(26-22(17)29)16-6-4-5-7-18(16)25/h4-9,14H,10-13,15H2,1-3H3,(H,31,32). The van der Waals surface area contributed by atoms with Crippen LogP contribution in [0.15, 0.2) is 47.3 Å². The zero-order valence-corrected chi connectivity index (χ0v) is 18.5. The van der Waals surface area contributed by atoms with Crippen LogP contribution in [0.3, 0.4) is 0 Å². The van der Waals surface area contributed by atoms with Crippen molar-refractivity contribution in [2.24, 2.45) is 5.41 Å². The summed E-state index contributed by atoms with van der Waals surface area (Å²) in [7, 11) is 0. The van der Waals surface area contributed by atoms with Crippen LogP contribution in [-0.2, 0) is 6.54 Å². The molecule has 8 heteroatoms. The Hall–Kier alpha value is -3.42. The number of hydrogen-bond acceptors (Lipinski definition) is 4. The molecule has 1 N–H and O–H groups in total. The van der Waals surface area contributed by atoms with Gasteiger partial charge in [0.2, 0.25) is 0 Å². The van der Waals surface area contributed by atoms with Gasteiger partial charge in [0.1, 0.15) is 11.5 Å². The molecule has 1 aliphatic rings. The summed E-state index contributed by atoms with van der Waals surface area (Å²) in [6, 6.07) is 11.7.